The Kier molecular flexibility index (Phi) is 4.83. The molecule has 0 aliphatic carbocycles. The van der Waals surface area contributed by atoms with Gasteiger partial charge in [0, 0.05) is 28.9 Å². The van der Waals surface area contributed by atoms with E-state index in [0.717, 1.165) is 21.8 Å². The Morgan fingerprint density at radius 2 is 2.04 bits per heavy atom. The van der Waals surface area contributed by atoms with Crippen LogP contribution in [0.1, 0.15) is 16.8 Å². The number of halogens is 2. The molecule has 132 valence electrons. The predicted octanol–water partition coefficient (Wildman–Crippen LogP) is 4.94. The molecule has 0 N–H and O–H groups in total. The summed E-state index contributed by atoms with van der Waals surface area (Å²) in [6.45, 7) is 1.16. The molecule has 1 aromatic heterocycles. The second kappa shape index (κ2) is 7.25. The van der Waals surface area contributed by atoms with Crippen LogP contribution in [-0.4, -0.2) is 35.0 Å². The highest BCUT2D eigenvalue weighted by Gasteiger charge is 2.29. The fraction of sp³-hybridized carbons (Fsp3) is 0.200. The number of amides is 1. The number of para-hydroxylation sites is 1. The van der Waals surface area contributed by atoms with Gasteiger partial charge < -0.3 is 9.64 Å². The zero-order valence-corrected chi connectivity index (χ0v) is 16.2. The number of aromatic nitrogens is 1. The first-order valence-corrected chi connectivity index (χ1v) is 9.54. The zero-order valence-electron chi connectivity index (χ0n) is 13.9. The molecule has 4 rings (SSSR count). The van der Waals surface area contributed by atoms with Gasteiger partial charge in [-0.2, -0.15) is 0 Å². The van der Waals surface area contributed by atoms with Gasteiger partial charge in [-0.05, 0) is 30.3 Å². The summed E-state index contributed by atoms with van der Waals surface area (Å²) in [5, 5.41) is 1.53. The third kappa shape index (κ3) is 3.55. The van der Waals surface area contributed by atoms with Crippen LogP contribution in [0.2, 0.25) is 5.02 Å². The van der Waals surface area contributed by atoms with E-state index in [1.807, 2.05) is 42.5 Å². The van der Waals surface area contributed by atoms with Crippen molar-refractivity contribution in [3.8, 4) is 5.88 Å². The zero-order chi connectivity index (χ0) is 18.1. The second-order valence-corrected chi connectivity index (χ2v) is 7.57. The topological polar surface area (TPSA) is 42.4 Å². The minimum atomic E-state index is -0.0751. The number of nitrogens with zero attached hydrogens (tertiary/aromatic N) is 2. The second-order valence-electron chi connectivity index (χ2n) is 6.25. The first-order chi connectivity index (χ1) is 12.6. The molecule has 1 fully saturated rings. The maximum Gasteiger partial charge on any atom is 0.255 e. The molecule has 1 aliphatic heterocycles. The third-order valence-electron chi connectivity index (χ3n) is 4.45. The lowest BCUT2D eigenvalue weighted by Crippen LogP contribution is -2.31. The maximum atomic E-state index is 12.7. The van der Waals surface area contributed by atoms with Gasteiger partial charge in [-0.1, -0.05) is 45.7 Å². The van der Waals surface area contributed by atoms with E-state index in [0.29, 0.717) is 29.6 Å². The number of carbonyl (C=O) groups excluding carboxylic acids is 1. The highest BCUT2D eigenvalue weighted by Crippen LogP contribution is 2.25. The Balaban J connectivity index is 1.46. The lowest BCUT2D eigenvalue weighted by atomic mass is 10.2. The van der Waals surface area contributed by atoms with Crippen LogP contribution >= 0.6 is 27.5 Å². The number of hydrogen-bond acceptors (Lipinski definition) is 3. The molecule has 1 unspecified atom stereocenters. The highest BCUT2D eigenvalue weighted by molar-refractivity contribution is 9.10. The van der Waals surface area contributed by atoms with Crippen molar-refractivity contribution in [2.45, 2.75) is 12.5 Å². The Hall–Kier alpha value is -2.11. The van der Waals surface area contributed by atoms with Crippen LogP contribution < -0.4 is 4.74 Å². The van der Waals surface area contributed by atoms with Crippen LogP contribution in [0, 0.1) is 0 Å². The van der Waals surface area contributed by atoms with E-state index < -0.39 is 0 Å². The summed E-state index contributed by atoms with van der Waals surface area (Å²) < 4.78 is 6.84. The van der Waals surface area contributed by atoms with Crippen LogP contribution in [0.4, 0.5) is 0 Å². The van der Waals surface area contributed by atoms with Gasteiger partial charge in [0.15, 0.2) is 0 Å². The number of rotatable bonds is 3. The van der Waals surface area contributed by atoms with E-state index in [1.165, 1.54) is 0 Å². The number of pyridine rings is 1. The number of ether oxygens (including phenoxy) is 1. The van der Waals surface area contributed by atoms with Gasteiger partial charge in [-0.3, -0.25) is 4.79 Å². The van der Waals surface area contributed by atoms with Gasteiger partial charge >= 0.3 is 0 Å². The van der Waals surface area contributed by atoms with E-state index in [1.54, 1.807) is 17.0 Å². The smallest absolute Gasteiger partial charge is 0.255 e. The number of likely N-dealkylation sites (tertiary alicyclic amines) is 1. The first kappa shape index (κ1) is 17.3. The minimum absolute atomic E-state index is 0.0708. The summed E-state index contributed by atoms with van der Waals surface area (Å²) in [7, 11) is 0. The Morgan fingerprint density at radius 3 is 2.92 bits per heavy atom. The summed E-state index contributed by atoms with van der Waals surface area (Å²) in [5.41, 5.74) is 1.40. The van der Waals surface area contributed by atoms with E-state index >= 15 is 0 Å². The Morgan fingerprint density at radius 1 is 1.19 bits per heavy atom. The molecular weight excluding hydrogens is 416 g/mol. The van der Waals surface area contributed by atoms with Crippen molar-refractivity contribution < 1.29 is 9.53 Å². The lowest BCUT2D eigenvalue weighted by Gasteiger charge is -2.18. The van der Waals surface area contributed by atoms with E-state index in [-0.39, 0.29) is 12.0 Å². The van der Waals surface area contributed by atoms with Gasteiger partial charge in [0.2, 0.25) is 5.88 Å². The quantitative estimate of drug-likeness (QED) is 0.589. The van der Waals surface area contributed by atoms with Gasteiger partial charge in [-0.15, -0.1) is 0 Å². The van der Waals surface area contributed by atoms with Crippen molar-refractivity contribution in [3.63, 3.8) is 0 Å². The lowest BCUT2D eigenvalue weighted by molar-refractivity contribution is 0.0771. The average Bonchev–Trinajstić information content (AvgIpc) is 3.11. The standard InChI is InChI=1S/C20H16BrClN2O2/c21-14-6-7-17(22)16(11-14)20(25)24-10-9-15(12-24)26-19-8-5-13-3-1-2-4-18(13)23-19/h1-8,11,15H,9-10,12H2. The Labute approximate surface area is 164 Å². The molecular formula is C20H16BrClN2O2. The third-order valence-corrected chi connectivity index (χ3v) is 5.27. The van der Waals surface area contributed by atoms with Gasteiger partial charge in [0.05, 0.1) is 22.6 Å². The number of hydrogen-bond donors (Lipinski definition) is 0. The number of carbonyl (C=O) groups is 1. The van der Waals surface area contributed by atoms with Crippen molar-refractivity contribution in [1.82, 2.24) is 9.88 Å². The van der Waals surface area contributed by atoms with Crippen LogP contribution in [0.15, 0.2) is 59.1 Å². The first-order valence-electron chi connectivity index (χ1n) is 8.37. The molecule has 2 aromatic carbocycles. The Bertz CT molecular complexity index is 979. The summed E-state index contributed by atoms with van der Waals surface area (Å²) in [6, 6.07) is 17.1. The van der Waals surface area contributed by atoms with Crippen molar-refractivity contribution in [2.24, 2.45) is 0 Å². The summed E-state index contributed by atoms with van der Waals surface area (Å²) in [5.74, 6) is 0.511. The minimum Gasteiger partial charge on any atom is -0.472 e. The number of fused-ring (bicyclic) bond motifs is 1. The number of benzene rings is 2. The predicted molar refractivity (Wildman–Crippen MR) is 106 cm³/mol. The molecule has 0 spiro atoms. The fourth-order valence-corrected chi connectivity index (χ4v) is 3.68. The van der Waals surface area contributed by atoms with Crippen molar-refractivity contribution in [1.29, 1.82) is 0 Å². The van der Waals surface area contributed by atoms with Crippen molar-refractivity contribution >= 4 is 44.3 Å². The van der Waals surface area contributed by atoms with Crippen molar-refractivity contribution in [2.75, 3.05) is 13.1 Å². The van der Waals surface area contributed by atoms with E-state index in [9.17, 15) is 4.79 Å². The molecule has 1 aliphatic rings. The highest BCUT2D eigenvalue weighted by atomic mass is 79.9. The molecule has 0 radical (unpaired) electrons. The molecule has 1 amide bonds. The SMILES string of the molecule is O=C(c1cc(Br)ccc1Cl)N1CCC(Oc2ccc3ccccc3n2)C1. The molecule has 0 bridgehead atoms. The molecule has 6 heteroatoms. The van der Waals surface area contributed by atoms with Crippen LogP contribution in [0.25, 0.3) is 10.9 Å². The monoisotopic (exact) mass is 430 g/mol. The van der Waals surface area contributed by atoms with E-state index in [2.05, 4.69) is 20.9 Å². The van der Waals surface area contributed by atoms with Crippen LogP contribution in [-0.2, 0) is 0 Å². The molecule has 3 aromatic rings. The molecule has 2 heterocycles. The van der Waals surface area contributed by atoms with Crippen LogP contribution in [0.5, 0.6) is 5.88 Å². The van der Waals surface area contributed by atoms with E-state index in [4.69, 9.17) is 16.3 Å². The summed E-state index contributed by atoms with van der Waals surface area (Å²) >= 11 is 9.57. The van der Waals surface area contributed by atoms with Crippen LogP contribution in [0.3, 0.4) is 0 Å². The maximum absolute atomic E-state index is 12.7. The fourth-order valence-electron chi connectivity index (χ4n) is 3.12. The van der Waals surface area contributed by atoms with Gasteiger partial charge in [0.25, 0.3) is 5.91 Å². The molecule has 1 saturated heterocycles. The van der Waals surface area contributed by atoms with Crippen molar-refractivity contribution in [3.05, 3.63) is 69.7 Å². The average molecular weight is 432 g/mol. The summed E-state index contributed by atoms with van der Waals surface area (Å²) in [6.07, 6.45) is 0.699. The molecule has 4 nitrogen and oxygen atoms in total. The van der Waals surface area contributed by atoms with Gasteiger partial charge in [0.1, 0.15) is 6.10 Å². The molecule has 1 atom stereocenters. The molecule has 26 heavy (non-hydrogen) atoms. The molecule has 0 saturated carbocycles. The van der Waals surface area contributed by atoms with Gasteiger partial charge in [-0.25, -0.2) is 4.98 Å². The largest absolute Gasteiger partial charge is 0.472 e. The summed E-state index contributed by atoms with van der Waals surface area (Å²) in [4.78, 5) is 19.1. The normalized spacial score (nSPS) is 16.8.